The third-order valence-corrected chi connectivity index (χ3v) is 5.36. The van der Waals surface area contributed by atoms with Crippen LogP contribution in [-0.2, 0) is 6.42 Å². The Labute approximate surface area is 156 Å². The molecule has 0 unspecified atom stereocenters. The fourth-order valence-electron chi connectivity index (χ4n) is 3.88. The number of nitrogens with two attached hydrogens (primary N) is 1. The molecule has 1 saturated carbocycles. The molecule has 0 saturated heterocycles. The first-order valence-corrected chi connectivity index (χ1v) is 9.50. The molecule has 7 nitrogen and oxygen atoms in total. The van der Waals surface area contributed by atoms with Gasteiger partial charge < -0.3 is 10.7 Å². The van der Waals surface area contributed by atoms with Crippen molar-refractivity contribution in [1.29, 1.82) is 0 Å². The Morgan fingerprint density at radius 1 is 1.19 bits per heavy atom. The highest BCUT2D eigenvalue weighted by atomic mass is 16.2. The number of carbonyl (C=O) groups excluding carboxylic acids is 1. The maximum atomic E-state index is 12.6. The van der Waals surface area contributed by atoms with E-state index in [4.69, 9.17) is 5.73 Å². The van der Waals surface area contributed by atoms with Crippen molar-refractivity contribution in [3.05, 3.63) is 46.0 Å². The monoisotopic (exact) mass is 365 g/mol. The van der Waals surface area contributed by atoms with Crippen molar-refractivity contribution in [2.45, 2.75) is 51.5 Å². The fourth-order valence-corrected chi connectivity index (χ4v) is 3.88. The van der Waals surface area contributed by atoms with E-state index in [0.717, 1.165) is 37.7 Å². The molecule has 1 aliphatic carbocycles. The van der Waals surface area contributed by atoms with Gasteiger partial charge in [-0.25, -0.2) is 14.8 Å². The molecule has 2 heterocycles. The Morgan fingerprint density at radius 2 is 1.89 bits per heavy atom. The van der Waals surface area contributed by atoms with Crippen molar-refractivity contribution in [3.63, 3.8) is 0 Å². The molecule has 1 aliphatic rings. The highest BCUT2D eigenvalue weighted by Gasteiger charge is 2.24. The molecule has 0 radical (unpaired) electrons. The Balaban J connectivity index is 1.92. The van der Waals surface area contributed by atoms with E-state index < -0.39 is 5.91 Å². The minimum Gasteiger partial charge on any atom is -0.364 e. The average Bonchev–Trinajstić information content (AvgIpc) is 3.03. The summed E-state index contributed by atoms with van der Waals surface area (Å²) >= 11 is 0. The second-order valence-electron chi connectivity index (χ2n) is 7.10. The Hall–Kier alpha value is -2.96. The zero-order valence-electron chi connectivity index (χ0n) is 15.4. The molecule has 3 N–H and O–H groups in total. The van der Waals surface area contributed by atoms with E-state index in [1.165, 1.54) is 12.0 Å². The van der Waals surface area contributed by atoms with Crippen LogP contribution in [0.25, 0.3) is 22.6 Å². The molecule has 1 fully saturated rings. The summed E-state index contributed by atoms with van der Waals surface area (Å²) in [5.74, 6) is -0.270. The molecule has 7 heteroatoms. The van der Waals surface area contributed by atoms with Crippen LogP contribution in [0, 0.1) is 0 Å². The summed E-state index contributed by atoms with van der Waals surface area (Å²) in [6.45, 7) is 2.09. The van der Waals surface area contributed by atoms with Gasteiger partial charge in [0.15, 0.2) is 17.2 Å². The molecule has 27 heavy (non-hydrogen) atoms. The van der Waals surface area contributed by atoms with Crippen LogP contribution in [0.15, 0.2) is 29.1 Å². The third kappa shape index (κ3) is 3.13. The zero-order valence-corrected chi connectivity index (χ0v) is 15.4. The number of amides is 1. The van der Waals surface area contributed by atoms with Gasteiger partial charge in [0.25, 0.3) is 5.91 Å². The van der Waals surface area contributed by atoms with Gasteiger partial charge in [-0.15, -0.1) is 0 Å². The number of aromatic amines is 1. The molecule has 2 aromatic heterocycles. The number of H-pyrrole nitrogens is 1. The lowest BCUT2D eigenvalue weighted by molar-refractivity contribution is 0.0997. The highest BCUT2D eigenvalue weighted by molar-refractivity contribution is 6.01. The Morgan fingerprint density at radius 3 is 2.52 bits per heavy atom. The van der Waals surface area contributed by atoms with Gasteiger partial charge in [-0.1, -0.05) is 50.5 Å². The summed E-state index contributed by atoms with van der Waals surface area (Å²) in [6.07, 6.45) is 6.16. The van der Waals surface area contributed by atoms with Crippen molar-refractivity contribution < 1.29 is 4.79 Å². The molecule has 0 atom stereocenters. The van der Waals surface area contributed by atoms with Crippen LogP contribution in [-0.4, -0.2) is 25.4 Å². The molecule has 0 bridgehead atoms. The molecule has 1 aromatic carbocycles. The normalized spacial score (nSPS) is 15.3. The second-order valence-corrected chi connectivity index (χ2v) is 7.10. The largest absolute Gasteiger partial charge is 0.364 e. The van der Waals surface area contributed by atoms with Gasteiger partial charge >= 0.3 is 5.69 Å². The van der Waals surface area contributed by atoms with Crippen molar-refractivity contribution >= 4 is 17.1 Å². The Kier molecular flexibility index (Phi) is 4.51. The number of fused-ring (bicyclic) bond motifs is 1. The van der Waals surface area contributed by atoms with E-state index in [9.17, 15) is 9.59 Å². The number of aromatic nitrogens is 4. The van der Waals surface area contributed by atoms with Gasteiger partial charge in [0.1, 0.15) is 5.52 Å². The van der Waals surface area contributed by atoms with Crippen LogP contribution in [0.5, 0.6) is 0 Å². The van der Waals surface area contributed by atoms with Crippen LogP contribution in [0.2, 0.25) is 0 Å². The molecular formula is C20H23N5O2. The molecule has 140 valence electrons. The standard InChI is InChI=1S/C20H23N5O2/c1-2-12-8-10-13(11-9-12)18-22-15(17(21)26)16-19(24-18)25(20(27)23-16)14-6-4-3-5-7-14/h8-11,14H,2-7H2,1H3,(H2,21,26)(H,23,27). The second kappa shape index (κ2) is 6.98. The number of aryl methyl sites for hydroxylation is 1. The van der Waals surface area contributed by atoms with Gasteiger partial charge in [-0.3, -0.25) is 9.36 Å². The topological polar surface area (TPSA) is 107 Å². The number of benzene rings is 1. The van der Waals surface area contributed by atoms with E-state index in [-0.39, 0.29) is 17.4 Å². The maximum Gasteiger partial charge on any atom is 0.327 e. The first kappa shape index (κ1) is 17.5. The molecule has 1 amide bonds. The summed E-state index contributed by atoms with van der Waals surface area (Å²) < 4.78 is 1.69. The van der Waals surface area contributed by atoms with Crippen molar-refractivity contribution in [1.82, 2.24) is 19.5 Å². The van der Waals surface area contributed by atoms with E-state index >= 15 is 0 Å². The number of nitrogens with zero attached hydrogens (tertiary/aromatic N) is 3. The van der Waals surface area contributed by atoms with Crippen LogP contribution in [0.3, 0.4) is 0 Å². The minimum absolute atomic E-state index is 0.0567. The summed E-state index contributed by atoms with van der Waals surface area (Å²) in [6, 6.07) is 7.98. The summed E-state index contributed by atoms with van der Waals surface area (Å²) in [4.78, 5) is 36.4. The lowest BCUT2D eigenvalue weighted by atomic mass is 9.95. The van der Waals surface area contributed by atoms with Crippen LogP contribution in [0.1, 0.15) is 61.1 Å². The van der Waals surface area contributed by atoms with Gasteiger partial charge in [0.05, 0.1) is 0 Å². The van der Waals surface area contributed by atoms with E-state index in [0.29, 0.717) is 17.0 Å². The van der Waals surface area contributed by atoms with E-state index in [1.54, 1.807) is 4.57 Å². The summed E-state index contributed by atoms with van der Waals surface area (Å²) in [5.41, 5.74) is 8.13. The number of hydrogen-bond donors (Lipinski definition) is 2. The van der Waals surface area contributed by atoms with Gasteiger partial charge in [0.2, 0.25) is 0 Å². The van der Waals surface area contributed by atoms with E-state index in [2.05, 4.69) is 21.9 Å². The third-order valence-electron chi connectivity index (χ3n) is 5.36. The highest BCUT2D eigenvalue weighted by Crippen LogP contribution is 2.30. The maximum absolute atomic E-state index is 12.6. The van der Waals surface area contributed by atoms with Gasteiger partial charge in [-0.2, -0.15) is 0 Å². The number of hydrogen-bond acceptors (Lipinski definition) is 4. The number of carbonyl (C=O) groups is 1. The number of imidazole rings is 1. The molecule has 0 aliphatic heterocycles. The predicted octanol–water partition coefficient (Wildman–Crippen LogP) is 2.95. The van der Waals surface area contributed by atoms with Crippen LogP contribution >= 0.6 is 0 Å². The molecule has 0 spiro atoms. The molecule has 4 rings (SSSR count). The fraction of sp³-hybridized carbons (Fsp3) is 0.400. The van der Waals surface area contributed by atoms with Gasteiger partial charge in [-0.05, 0) is 24.8 Å². The zero-order chi connectivity index (χ0) is 19.0. The lowest BCUT2D eigenvalue weighted by Crippen LogP contribution is -2.24. The van der Waals surface area contributed by atoms with Gasteiger partial charge in [0, 0.05) is 11.6 Å². The quantitative estimate of drug-likeness (QED) is 0.741. The summed E-state index contributed by atoms with van der Waals surface area (Å²) in [5, 5.41) is 0. The smallest absolute Gasteiger partial charge is 0.327 e. The average molecular weight is 365 g/mol. The first-order valence-electron chi connectivity index (χ1n) is 9.50. The Bertz CT molecular complexity index is 1040. The minimum atomic E-state index is -0.675. The molecule has 3 aromatic rings. The SMILES string of the molecule is CCc1ccc(-c2nc(C(N)=O)c3[nH]c(=O)n(C4CCCCC4)c3n2)cc1. The number of nitrogens with one attached hydrogen (secondary N) is 1. The van der Waals surface area contributed by atoms with Crippen molar-refractivity contribution in [2.24, 2.45) is 5.73 Å². The lowest BCUT2D eigenvalue weighted by Gasteiger charge is -2.22. The number of primary amides is 1. The molecular weight excluding hydrogens is 342 g/mol. The first-order chi connectivity index (χ1) is 13.1. The van der Waals surface area contributed by atoms with Crippen molar-refractivity contribution in [3.8, 4) is 11.4 Å². The predicted molar refractivity (Wildman–Crippen MR) is 104 cm³/mol. The van der Waals surface area contributed by atoms with Crippen molar-refractivity contribution in [2.75, 3.05) is 0 Å². The van der Waals surface area contributed by atoms with Crippen LogP contribution in [0.4, 0.5) is 0 Å². The van der Waals surface area contributed by atoms with Crippen LogP contribution < -0.4 is 11.4 Å². The van der Waals surface area contributed by atoms with E-state index in [1.807, 2.05) is 24.3 Å². The number of rotatable bonds is 4. The summed E-state index contributed by atoms with van der Waals surface area (Å²) in [7, 11) is 0.